The zero-order valence-corrected chi connectivity index (χ0v) is 10.6. The van der Waals surface area contributed by atoms with Gasteiger partial charge in [-0.2, -0.15) is 0 Å². The maximum absolute atomic E-state index is 11.6. The molecule has 0 aliphatic carbocycles. The number of rotatable bonds is 5. The number of carbonyl (C=O) groups is 2. The number of esters is 1. The minimum atomic E-state index is -0.586. The van der Waals surface area contributed by atoms with Gasteiger partial charge in [0, 0.05) is 18.6 Å². The molecule has 0 saturated carbocycles. The lowest BCUT2D eigenvalue weighted by atomic mass is 10.1. The average Bonchev–Trinajstić information content (AvgIpc) is 2.81. The Morgan fingerprint density at radius 2 is 2.16 bits per heavy atom. The van der Waals surface area contributed by atoms with Crippen LogP contribution < -0.4 is 4.74 Å². The van der Waals surface area contributed by atoms with Crippen LogP contribution in [-0.2, 0) is 9.47 Å². The molecule has 2 aromatic rings. The molecule has 6 heteroatoms. The van der Waals surface area contributed by atoms with Crippen LogP contribution in [0.15, 0.2) is 18.2 Å². The van der Waals surface area contributed by atoms with E-state index in [0.717, 1.165) is 0 Å². The van der Waals surface area contributed by atoms with Crippen LogP contribution in [0, 0.1) is 0 Å². The molecule has 0 saturated heterocycles. The number of methoxy groups -OCH3 is 2. The van der Waals surface area contributed by atoms with Gasteiger partial charge in [0.25, 0.3) is 0 Å². The first-order chi connectivity index (χ1) is 9.21. The van der Waals surface area contributed by atoms with E-state index in [4.69, 9.17) is 9.47 Å². The minimum Gasteiger partial charge on any atom is -0.467 e. The number of aromatic amines is 1. The number of H-pyrrole nitrogens is 1. The summed E-state index contributed by atoms with van der Waals surface area (Å²) in [6.07, 6.45) is 0.626. The van der Waals surface area contributed by atoms with Crippen molar-refractivity contribution < 1.29 is 23.8 Å². The Balaban J connectivity index is 2.49. The Hall–Kier alpha value is -2.34. The summed E-state index contributed by atoms with van der Waals surface area (Å²) in [5.74, 6) is -0.0119. The largest absolute Gasteiger partial charge is 0.467 e. The molecular formula is C13H13NO5. The summed E-state index contributed by atoms with van der Waals surface area (Å²) in [6.45, 7) is 0.122. The molecule has 0 aliphatic heterocycles. The van der Waals surface area contributed by atoms with Gasteiger partial charge in [-0.25, -0.2) is 4.79 Å². The molecule has 100 valence electrons. The maximum atomic E-state index is 11.6. The first-order valence-corrected chi connectivity index (χ1v) is 5.52. The van der Waals surface area contributed by atoms with Crippen LogP contribution in [0.5, 0.6) is 5.75 Å². The summed E-state index contributed by atoms with van der Waals surface area (Å²) in [4.78, 5) is 25.5. The van der Waals surface area contributed by atoms with Gasteiger partial charge in [-0.05, 0) is 12.1 Å². The number of hydrogen-bond acceptors (Lipinski definition) is 5. The normalized spacial score (nSPS) is 10.4. The number of nitrogens with one attached hydrogen (secondary N) is 1. The molecule has 1 aromatic heterocycles. The molecule has 1 heterocycles. The predicted octanol–water partition coefficient (Wildman–Crippen LogP) is 1.75. The summed E-state index contributed by atoms with van der Waals surface area (Å²) in [7, 11) is 2.78. The maximum Gasteiger partial charge on any atom is 0.355 e. The van der Waals surface area contributed by atoms with Gasteiger partial charge in [-0.15, -0.1) is 0 Å². The van der Waals surface area contributed by atoms with Crippen LogP contribution in [0.2, 0.25) is 0 Å². The Labute approximate surface area is 109 Å². The second-order valence-electron chi connectivity index (χ2n) is 3.78. The van der Waals surface area contributed by atoms with Gasteiger partial charge in [0.15, 0.2) is 13.1 Å². The highest BCUT2D eigenvalue weighted by Crippen LogP contribution is 2.25. The molecule has 0 bridgehead atoms. The number of aldehydes is 1. The standard InChI is InChI=1S/C13H13NO5/c1-17-7-19-8-3-4-9-10(6-15)12(13(16)18-2)14-11(9)5-8/h3-6,14H,7H2,1-2H3. The minimum absolute atomic E-state index is 0.122. The van der Waals surface area contributed by atoms with Gasteiger partial charge in [0.05, 0.1) is 18.2 Å². The molecular weight excluding hydrogens is 250 g/mol. The van der Waals surface area contributed by atoms with E-state index >= 15 is 0 Å². The SMILES string of the molecule is COCOc1ccc2c(C=O)c(C(=O)OC)[nH]c2c1. The highest BCUT2D eigenvalue weighted by atomic mass is 16.7. The van der Waals surface area contributed by atoms with E-state index < -0.39 is 5.97 Å². The second kappa shape index (κ2) is 5.53. The Morgan fingerprint density at radius 1 is 1.37 bits per heavy atom. The molecule has 0 atom stereocenters. The van der Waals surface area contributed by atoms with Crippen LogP contribution >= 0.6 is 0 Å². The molecule has 19 heavy (non-hydrogen) atoms. The Morgan fingerprint density at radius 3 is 2.79 bits per heavy atom. The highest BCUT2D eigenvalue weighted by Gasteiger charge is 2.18. The third-order valence-corrected chi connectivity index (χ3v) is 2.66. The van der Waals surface area contributed by atoms with Gasteiger partial charge in [-0.1, -0.05) is 0 Å². The van der Waals surface area contributed by atoms with Gasteiger partial charge in [-0.3, -0.25) is 4.79 Å². The van der Waals surface area contributed by atoms with Crippen molar-refractivity contribution >= 4 is 23.2 Å². The second-order valence-corrected chi connectivity index (χ2v) is 3.78. The molecule has 1 aromatic carbocycles. The first kappa shape index (κ1) is 13.1. The molecule has 2 rings (SSSR count). The van der Waals surface area contributed by atoms with Crippen LogP contribution in [0.3, 0.4) is 0 Å². The van der Waals surface area contributed by atoms with E-state index in [2.05, 4.69) is 9.72 Å². The molecule has 1 N–H and O–H groups in total. The van der Waals surface area contributed by atoms with Crippen molar-refractivity contribution in [2.75, 3.05) is 21.0 Å². The van der Waals surface area contributed by atoms with Crippen molar-refractivity contribution in [3.63, 3.8) is 0 Å². The molecule has 0 amide bonds. The molecule has 0 spiro atoms. The lowest BCUT2D eigenvalue weighted by molar-refractivity contribution is 0.0512. The number of benzene rings is 1. The third kappa shape index (κ3) is 2.43. The van der Waals surface area contributed by atoms with Crippen LogP contribution in [0.4, 0.5) is 0 Å². The smallest absolute Gasteiger partial charge is 0.355 e. The fourth-order valence-electron chi connectivity index (χ4n) is 1.80. The Bertz CT molecular complexity index is 617. The Kier molecular flexibility index (Phi) is 3.82. The van der Waals surface area contributed by atoms with Gasteiger partial charge in [0.2, 0.25) is 0 Å². The quantitative estimate of drug-likeness (QED) is 0.505. The van der Waals surface area contributed by atoms with Gasteiger partial charge < -0.3 is 19.2 Å². The van der Waals surface area contributed by atoms with E-state index in [-0.39, 0.29) is 18.1 Å². The highest BCUT2D eigenvalue weighted by molar-refractivity contribution is 6.08. The summed E-state index contributed by atoms with van der Waals surface area (Å²) in [5.41, 5.74) is 1.03. The number of carbonyl (C=O) groups excluding carboxylic acids is 2. The fourth-order valence-corrected chi connectivity index (χ4v) is 1.80. The van der Waals surface area contributed by atoms with Crippen molar-refractivity contribution in [1.82, 2.24) is 4.98 Å². The van der Waals surface area contributed by atoms with Crippen molar-refractivity contribution in [3.8, 4) is 5.75 Å². The zero-order chi connectivity index (χ0) is 13.8. The number of ether oxygens (including phenoxy) is 3. The molecule has 0 unspecified atom stereocenters. The molecule has 0 fully saturated rings. The van der Waals surface area contributed by atoms with E-state index in [1.807, 2.05) is 0 Å². The van der Waals surface area contributed by atoms with Crippen molar-refractivity contribution in [3.05, 3.63) is 29.5 Å². The van der Waals surface area contributed by atoms with Crippen molar-refractivity contribution in [1.29, 1.82) is 0 Å². The summed E-state index contributed by atoms with van der Waals surface area (Å²) < 4.78 is 14.7. The van der Waals surface area contributed by atoms with E-state index in [0.29, 0.717) is 22.9 Å². The zero-order valence-electron chi connectivity index (χ0n) is 10.6. The summed E-state index contributed by atoms with van der Waals surface area (Å²) in [5, 5.41) is 0.639. The van der Waals surface area contributed by atoms with Crippen molar-refractivity contribution in [2.24, 2.45) is 0 Å². The number of fused-ring (bicyclic) bond motifs is 1. The fraction of sp³-hybridized carbons (Fsp3) is 0.231. The molecule has 0 aliphatic rings. The lowest BCUT2D eigenvalue weighted by Crippen LogP contribution is -2.04. The predicted molar refractivity (Wildman–Crippen MR) is 67.5 cm³/mol. The number of hydrogen-bond donors (Lipinski definition) is 1. The topological polar surface area (TPSA) is 77.6 Å². The van der Waals surface area contributed by atoms with E-state index in [9.17, 15) is 9.59 Å². The average molecular weight is 263 g/mol. The van der Waals surface area contributed by atoms with E-state index in [1.54, 1.807) is 18.2 Å². The molecule has 6 nitrogen and oxygen atoms in total. The number of aromatic nitrogens is 1. The van der Waals surface area contributed by atoms with Crippen LogP contribution in [-0.4, -0.2) is 38.3 Å². The van der Waals surface area contributed by atoms with Gasteiger partial charge >= 0.3 is 5.97 Å². The summed E-state index contributed by atoms with van der Waals surface area (Å²) >= 11 is 0. The first-order valence-electron chi connectivity index (χ1n) is 5.52. The molecule has 0 radical (unpaired) electrons. The van der Waals surface area contributed by atoms with Gasteiger partial charge in [0.1, 0.15) is 11.4 Å². The monoisotopic (exact) mass is 263 g/mol. The summed E-state index contributed by atoms with van der Waals surface area (Å²) in [6, 6.07) is 5.09. The van der Waals surface area contributed by atoms with Crippen LogP contribution in [0.25, 0.3) is 10.9 Å². The van der Waals surface area contributed by atoms with Crippen LogP contribution in [0.1, 0.15) is 20.8 Å². The third-order valence-electron chi connectivity index (χ3n) is 2.66. The van der Waals surface area contributed by atoms with Crippen molar-refractivity contribution in [2.45, 2.75) is 0 Å². The lowest BCUT2D eigenvalue weighted by Gasteiger charge is -2.03. The van der Waals surface area contributed by atoms with E-state index in [1.165, 1.54) is 14.2 Å².